The highest BCUT2D eigenvalue weighted by Gasteiger charge is 2.14. The van der Waals surface area contributed by atoms with Crippen LogP contribution in [-0.2, 0) is 10.0 Å². The van der Waals surface area contributed by atoms with Crippen LogP contribution in [0, 0.1) is 0 Å². The molecule has 0 radical (unpaired) electrons. The van der Waals surface area contributed by atoms with Crippen molar-refractivity contribution in [3.63, 3.8) is 0 Å². The first-order chi connectivity index (χ1) is 9.90. The van der Waals surface area contributed by atoms with Gasteiger partial charge in [0.15, 0.2) is 0 Å². The molecule has 5 N–H and O–H groups in total. The molecule has 0 saturated heterocycles. The fourth-order valence-corrected chi connectivity index (χ4v) is 2.59. The molecule has 0 saturated carbocycles. The summed E-state index contributed by atoms with van der Waals surface area (Å²) in [6, 6.07) is 11.7. The van der Waals surface area contributed by atoms with Crippen LogP contribution in [0.15, 0.2) is 47.4 Å². The standard InChI is InChI=1S/C14H17N3O3S/c1-2-20-12-5-3-4-11(9-12)17-13-7-6-10(15)8-14(13)21(16,18)19/h3-9,17H,2,15H2,1H3,(H2,16,18,19). The predicted molar refractivity (Wildman–Crippen MR) is 83.1 cm³/mol. The molecular formula is C14H17N3O3S. The number of hydrogen-bond acceptors (Lipinski definition) is 5. The third-order valence-corrected chi connectivity index (χ3v) is 3.69. The van der Waals surface area contributed by atoms with E-state index in [1.165, 1.54) is 6.07 Å². The second kappa shape index (κ2) is 6.02. The number of benzene rings is 2. The van der Waals surface area contributed by atoms with E-state index in [1.54, 1.807) is 30.3 Å². The Morgan fingerprint density at radius 2 is 1.95 bits per heavy atom. The third-order valence-electron chi connectivity index (χ3n) is 2.74. The van der Waals surface area contributed by atoms with Crippen molar-refractivity contribution >= 4 is 27.1 Å². The number of sulfonamides is 1. The minimum atomic E-state index is -3.87. The molecule has 2 aromatic carbocycles. The molecular weight excluding hydrogens is 290 g/mol. The quantitative estimate of drug-likeness (QED) is 0.733. The Morgan fingerprint density at radius 1 is 1.19 bits per heavy atom. The van der Waals surface area contributed by atoms with Crippen molar-refractivity contribution in [1.29, 1.82) is 0 Å². The average Bonchev–Trinajstić information content (AvgIpc) is 2.40. The second-order valence-corrected chi connectivity index (χ2v) is 5.92. The van der Waals surface area contributed by atoms with Gasteiger partial charge in [0, 0.05) is 17.4 Å². The summed E-state index contributed by atoms with van der Waals surface area (Å²) in [5, 5.41) is 8.22. The molecule has 7 heteroatoms. The first kappa shape index (κ1) is 15.1. The van der Waals surface area contributed by atoms with Crippen molar-refractivity contribution in [2.75, 3.05) is 17.7 Å². The number of primary sulfonamides is 1. The fraction of sp³-hybridized carbons (Fsp3) is 0.143. The number of hydrogen-bond donors (Lipinski definition) is 3. The monoisotopic (exact) mass is 307 g/mol. The molecule has 0 aliphatic heterocycles. The van der Waals surface area contributed by atoms with Crippen LogP contribution in [-0.4, -0.2) is 15.0 Å². The molecule has 0 atom stereocenters. The maximum atomic E-state index is 11.6. The van der Waals surface area contributed by atoms with Gasteiger partial charge in [-0.05, 0) is 37.3 Å². The zero-order chi connectivity index (χ0) is 15.5. The number of ether oxygens (including phenoxy) is 1. The molecule has 2 rings (SSSR count). The van der Waals surface area contributed by atoms with Crippen LogP contribution in [0.3, 0.4) is 0 Å². The van der Waals surface area contributed by atoms with Crippen molar-refractivity contribution in [3.8, 4) is 5.75 Å². The van der Waals surface area contributed by atoms with Crippen molar-refractivity contribution in [2.45, 2.75) is 11.8 Å². The van der Waals surface area contributed by atoms with Crippen LogP contribution in [0.4, 0.5) is 17.1 Å². The Kier molecular flexibility index (Phi) is 4.35. The summed E-state index contributed by atoms with van der Waals surface area (Å²) >= 11 is 0. The topological polar surface area (TPSA) is 107 Å². The van der Waals surface area contributed by atoms with Gasteiger partial charge in [0.05, 0.1) is 12.3 Å². The van der Waals surface area contributed by atoms with Gasteiger partial charge in [-0.15, -0.1) is 0 Å². The minimum absolute atomic E-state index is 0.0516. The maximum Gasteiger partial charge on any atom is 0.240 e. The second-order valence-electron chi connectivity index (χ2n) is 4.39. The van der Waals surface area contributed by atoms with Gasteiger partial charge in [0.25, 0.3) is 0 Å². The van der Waals surface area contributed by atoms with Crippen molar-refractivity contribution in [2.24, 2.45) is 5.14 Å². The number of nitrogens with one attached hydrogen (secondary N) is 1. The molecule has 0 bridgehead atoms. The Labute approximate surface area is 123 Å². The van der Waals surface area contributed by atoms with E-state index in [1.807, 2.05) is 13.0 Å². The van der Waals surface area contributed by atoms with Crippen LogP contribution in [0.25, 0.3) is 0 Å². The summed E-state index contributed by atoms with van der Waals surface area (Å²) in [5.41, 5.74) is 6.99. The van der Waals surface area contributed by atoms with Gasteiger partial charge in [-0.3, -0.25) is 0 Å². The van der Waals surface area contributed by atoms with E-state index in [4.69, 9.17) is 15.6 Å². The van der Waals surface area contributed by atoms with E-state index in [0.29, 0.717) is 29.4 Å². The lowest BCUT2D eigenvalue weighted by atomic mass is 10.2. The SMILES string of the molecule is CCOc1cccc(Nc2ccc(N)cc2S(N)(=O)=O)c1. The van der Waals surface area contributed by atoms with E-state index in [0.717, 1.165) is 0 Å². The summed E-state index contributed by atoms with van der Waals surface area (Å²) in [4.78, 5) is -0.0516. The van der Waals surface area contributed by atoms with Gasteiger partial charge in [0.2, 0.25) is 10.0 Å². The molecule has 0 aliphatic carbocycles. The number of anilines is 3. The zero-order valence-electron chi connectivity index (χ0n) is 11.5. The van der Waals surface area contributed by atoms with Crippen LogP contribution >= 0.6 is 0 Å². The van der Waals surface area contributed by atoms with Crippen LogP contribution in [0.5, 0.6) is 5.75 Å². The molecule has 0 amide bonds. The van der Waals surface area contributed by atoms with Crippen molar-refractivity contribution in [1.82, 2.24) is 0 Å². The molecule has 0 spiro atoms. The Balaban J connectivity index is 2.38. The van der Waals surface area contributed by atoms with Gasteiger partial charge in [-0.1, -0.05) is 6.07 Å². The smallest absolute Gasteiger partial charge is 0.240 e. The summed E-state index contributed by atoms with van der Waals surface area (Å²) < 4.78 is 28.6. The van der Waals surface area contributed by atoms with E-state index in [2.05, 4.69) is 5.32 Å². The molecule has 0 heterocycles. The molecule has 0 aliphatic rings. The van der Waals surface area contributed by atoms with Gasteiger partial charge in [0.1, 0.15) is 10.6 Å². The highest BCUT2D eigenvalue weighted by atomic mass is 32.2. The van der Waals surface area contributed by atoms with Crippen LogP contribution < -0.4 is 20.9 Å². The summed E-state index contributed by atoms with van der Waals surface area (Å²) in [7, 11) is -3.87. The average molecular weight is 307 g/mol. The lowest BCUT2D eigenvalue weighted by Crippen LogP contribution is -2.14. The van der Waals surface area contributed by atoms with Crippen molar-refractivity contribution in [3.05, 3.63) is 42.5 Å². The Morgan fingerprint density at radius 3 is 2.62 bits per heavy atom. The zero-order valence-corrected chi connectivity index (χ0v) is 12.4. The lowest BCUT2D eigenvalue weighted by molar-refractivity contribution is 0.340. The van der Waals surface area contributed by atoms with Gasteiger partial charge < -0.3 is 15.8 Å². The molecule has 0 fully saturated rings. The molecule has 21 heavy (non-hydrogen) atoms. The van der Waals surface area contributed by atoms with E-state index >= 15 is 0 Å². The summed E-state index contributed by atoms with van der Waals surface area (Å²) in [5.74, 6) is 0.690. The number of rotatable bonds is 5. The van der Waals surface area contributed by atoms with Crippen LogP contribution in [0.2, 0.25) is 0 Å². The highest BCUT2D eigenvalue weighted by Crippen LogP contribution is 2.27. The molecule has 0 unspecified atom stereocenters. The van der Waals surface area contributed by atoms with Crippen LogP contribution in [0.1, 0.15) is 6.92 Å². The fourth-order valence-electron chi connectivity index (χ4n) is 1.86. The highest BCUT2D eigenvalue weighted by molar-refractivity contribution is 7.89. The van der Waals surface area contributed by atoms with E-state index in [-0.39, 0.29) is 4.90 Å². The van der Waals surface area contributed by atoms with E-state index < -0.39 is 10.0 Å². The maximum absolute atomic E-state index is 11.6. The molecule has 6 nitrogen and oxygen atoms in total. The Bertz CT molecular complexity index is 745. The number of nitrogen functional groups attached to an aromatic ring is 1. The minimum Gasteiger partial charge on any atom is -0.494 e. The van der Waals surface area contributed by atoms with Gasteiger partial charge in [-0.2, -0.15) is 0 Å². The molecule has 2 aromatic rings. The first-order valence-corrected chi connectivity index (χ1v) is 7.87. The largest absolute Gasteiger partial charge is 0.494 e. The third kappa shape index (κ3) is 3.87. The van der Waals surface area contributed by atoms with Crippen molar-refractivity contribution < 1.29 is 13.2 Å². The van der Waals surface area contributed by atoms with Gasteiger partial charge in [-0.25, -0.2) is 13.6 Å². The predicted octanol–water partition coefficient (Wildman–Crippen LogP) is 2.06. The molecule has 112 valence electrons. The first-order valence-electron chi connectivity index (χ1n) is 6.32. The Hall–Kier alpha value is -2.25. The van der Waals surface area contributed by atoms with E-state index in [9.17, 15) is 8.42 Å². The lowest BCUT2D eigenvalue weighted by Gasteiger charge is -2.12. The summed E-state index contributed by atoms with van der Waals surface area (Å²) in [6.45, 7) is 2.44. The molecule has 0 aromatic heterocycles. The normalized spacial score (nSPS) is 11.1. The van der Waals surface area contributed by atoms with Gasteiger partial charge >= 0.3 is 0 Å². The number of nitrogens with two attached hydrogens (primary N) is 2. The summed E-state index contributed by atoms with van der Waals surface area (Å²) in [6.07, 6.45) is 0.